The molecular weight excluding hydrogens is 294 g/mol. The number of rotatable bonds is 3. The van der Waals surface area contributed by atoms with Crippen LogP contribution in [0.2, 0.25) is 0 Å². The fourth-order valence-electron chi connectivity index (χ4n) is 2.18. The van der Waals surface area contributed by atoms with Gasteiger partial charge in [-0.05, 0) is 48.2 Å². The number of carbonyl (C=O) groups is 1. The van der Waals surface area contributed by atoms with E-state index in [9.17, 15) is 4.79 Å². The quantitative estimate of drug-likeness (QED) is 0.933. The molecule has 0 aromatic carbocycles. The summed E-state index contributed by atoms with van der Waals surface area (Å²) in [5, 5.41) is 3.23. The molecule has 1 unspecified atom stereocenters. The molecule has 1 N–H and O–H groups in total. The van der Waals surface area contributed by atoms with E-state index >= 15 is 0 Å². The number of halogens is 1. The normalized spacial score (nSPS) is 17.3. The lowest BCUT2D eigenvalue weighted by Crippen LogP contribution is -2.43. The fraction of sp³-hybridized carbons (Fsp3) is 0.538. The van der Waals surface area contributed by atoms with Crippen LogP contribution < -0.4 is 5.32 Å². The van der Waals surface area contributed by atoms with Gasteiger partial charge < -0.3 is 10.2 Å². The predicted octanol–water partition coefficient (Wildman–Crippen LogP) is 2.66. The lowest BCUT2D eigenvalue weighted by Gasteiger charge is -2.29. The second-order valence-electron chi connectivity index (χ2n) is 4.61. The molecule has 1 amide bonds. The zero-order valence-corrected chi connectivity index (χ0v) is 12.1. The second-order valence-corrected chi connectivity index (χ2v) is 5.46. The van der Waals surface area contributed by atoms with Crippen LogP contribution in [0.15, 0.2) is 22.9 Å². The molecule has 0 saturated carbocycles. The largest absolute Gasteiger partial charge is 0.373 e. The van der Waals surface area contributed by atoms with E-state index in [-0.39, 0.29) is 11.9 Å². The highest BCUT2D eigenvalue weighted by Gasteiger charge is 2.22. The van der Waals surface area contributed by atoms with Crippen molar-refractivity contribution in [3.63, 3.8) is 0 Å². The monoisotopic (exact) mass is 311 g/mol. The third-order valence-corrected chi connectivity index (χ3v) is 3.81. The molecule has 1 aromatic rings. The number of carbonyl (C=O) groups excluding carboxylic acids is 1. The maximum atomic E-state index is 12.2. The first-order valence-corrected chi connectivity index (χ1v) is 7.12. The Morgan fingerprint density at radius 1 is 1.44 bits per heavy atom. The molecule has 0 spiro atoms. The van der Waals surface area contributed by atoms with Gasteiger partial charge in [0.1, 0.15) is 6.04 Å². The minimum absolute atomic E-state index is 0.179. The van der Waals surface area contributed by atoms with Gasteiger partial charge in [0.15, 0.2) is 0 Å². The average molecular weight is 312 g/mol. The number of pyridine rings is 1. The first-order valence-electron chi connectivity index (χ1n) is 6.33. The molecule has 0 bridgehead atoms. The van der Waals surface area contributed by atoms with Crippen LogP contribution in [0.5, 0.6) is 0 Å². The highest BCUT2D eigenvalue weighted by Crippen LogP contribution is 2.21. The molecule has 0 aliphatic carbocycles. The average Bonchev–Trinajstić information content (AvgIpc) is 2.41. The third-order valence-electron chi connectivity index (χ3n) is 3.18. The first-order chi connectivity index (χ1) is 8.68. The molecule has 2 heterocycles. The predicted molar refractivity (Wildman–Crippen MR) is 75.5 cm³/mol. The van der Waals surface area contributed by atoms with Gasteiger partial charge in [0, 0.05) is 25.5 Å². The number of piperidine rings is 1. The summed E-state index contributed by atoms with van der Waals surface area (Å²) in [4.78, 5) is 18.2. The number of hydrogen-bond acceptors (Lipinski definition) is 3. The van der Waals surface area contributed by atoms with Crippen molar-refractivity contribution in [1.29, 1.82) is 0 Å². The van der Waals surface area contributed by atoms with Gasteiger partial charge >= 0.3 is 0 Å². The summed E-state index contributed by atoms with van der Waals surface area (Å²) in [6, 6.07) is 1.66. The summed E-state index contributed by atoms with van der Waals surface area (Å²) in [6.07, 6.45) is 6.92. The van der Waals surface area contributed by atoms with Gasteiger partial charge in [-0.25, -0.2) is 0 Å². The Morgan fingerprint density at radius 3 is 2.83 bits per heavy atom. The third kappa shape index (κ3) is 3.22. The summed E-state index contributed by atoms with van der Waals surface area (Å²) in [5.74, 6) is 0.179. The molecule has 5 heteroatoms. The van der Waals surface area contributed by atoms with Crippen LogP contribution in [0.3, 0.4) is 0 Å². The summed E-state index contributed by atoms with van der Waals surface area (Å²) >= 11 is 3.42. The van der Waals surface area contributed by atoms with Gasteiger partial charge in [0.25, 0.3) is 0 Å². The van der Waals surface area contributed by atoms with Crippen LogP contribution in [0.4, 0.5) is 5.69 Å². The van der Waals surface area contributed by atoms with Crippen molar-refractivity contribution in [3.8, 4) is 0 Å². The lowest BCUT2D eigenvalue weighted by molar-refractivity contribution is -0.132. The molecule has 1 aromatic heterocycles. The van der Waals surface area contributed by atoms with Crippen molar-refractivity contribution in [2.24, 2.45) is 0 Å². The standard InChI is InChI=1S/C13H18BrN3O/c1-10(13(18)17-7-3-2-4-8-17)16-12-5-6-15-9-11(12)14/h5-6,9-10H,2-4,7-8H2,1H3,(H,15,16). The van der Waals surface area contributed by atoms with E-state index in [2.05, 4.69) is 26.2 Å². The summed E-state index contributed by atoms with van der Waals surface area (Å²) < 4.78 is 0.878. The zero-order valence-electron chi connectivity index (χ0n) is 10.5. The van der Waals surface area contributed by atoms with E-state index in [4.69, 9.17) is 0 Å². The molecule has 0 radical (unpaired) electrons. The molecule has 1 atom stereocenters. The zero-order chi connectivity index (χ0) is 13.0. The minimum atomic E-state index is -0.207. The van der Waals surface area contributed by atoms with Gasteiger partial charge in [-0.3, -0.25) is 9.78 Å². The van der Waals surface area contributed by atoms with Crippen LogP contribution in [0.1, 0.15) is 26.2 Å². The fourth-order valence-corrected chi connectivity index (χ4v) is 2.54. The minimum Gasteiger partial charge on any atom is -0.373 e. The van der Waals surface area contributed by atoms with Crippen molar-refractivity contribution in [2.75, 3.05) is 18.4 Å². The van der Waals surface area contributed by atoms with E-state index in [1.807, 2.05) is 17.9 Å². The SMILES string of the molecule is CC(Nc1ccncc1Br)C(=O)N1CCCCC1. The molecule has 1 aliphatic heterocycles. The number of nitrogens with one attached hydrogen (secondary N) is 1. The van der Waals surface area contributed by atoms with Crippen LogP contribution in [-0.2, 0) is 4.79 Å². The number of aromatic nitrogens is 1. The van der Waals surface area contributed by atoms with Crippen molar-refractivity contribution in [3.05, 3.63) is 22.9 Å². The van der Waals surface area contributed by atoms with Crippen molar-refractivity contribution in [1.82, 2.24) is 9.88 Å². The van der Waals surface area contributed by atoms with E-state index in [0.29, 0.717) is 0 Å². The van der Waals surface area contributed by atoms with Gasteiger partial charge in [0.05, 0.1) is 10.2 Å². The van der Waals surface area contributed by atoms with Crippen molar-refractivity contribution in [2.45, 2.75) is 32.2 Å². The molecule has 4 nitrogen and oxygen atoms in total. The Balaban J connectivity index is 1.96. The van der Waals surface area contributed by atoms with Crippen molar-refractivity contribution >= 4 is 27.5 Å². The number of likely N-dealkylation sites (tertiary alicyclic amines) is 1. The van der Waals surface area contributed by atoms with E-state index in [1.54, 1.807) is 12.4 Å². The molecule has 1 fully saturated rings. The number of hydrogen-bond donors (Lipinski definition) is 1. The van der Waals surface area contributed by atoms with Gasteiger partial charge in [-0.15, -0.1) is 0 Å². The second kappa shape index (κ2) is 6.18. The Kier molecular flexibility index (Phi) is 4.58. The molecule has 2 rings (SSSR count). The summed E-state index contributed by atoms with van der Waals surface area (Å²) in [7, 11) is 0. The Bertz CT molecular complexity index is 418. The van der Waals surface area contributed by atoms with E-state index < -0.39 is 0 Å². The summed E-state index contributed by atoms with van der Waals surface area (Å²) in [6.45, 7) is 3.69. The Labute approximate surface area is 116 Å². The number of anilines is 1. The highest BCUT2D eigenvalue weighted by atomic mass is 79.9. The lowest BCUT2D eigenvalue weighted by atomic mass is 10.1. The molecule has 1 saturated heterocycles. The van der Waals surface area contributed by atoms with Gasteiger partial charge in [-0.1, -0.05) is 0 Å². The smallest absolute Gasteiger partial charge is 0.244 e. The Morgan fingerprint density at radius 2 is 2.17 bits per heavy atom. The van der Waals surface area contributed by atoms with Gasteiger partial charge in [-0.2, -0.15) is 0 Å². The van der Waals surface area contributed by atoms with Gasteiger partial charge in [0.2, 0.25) is 5.91 Å². The highest BCUT2D eigenvalue weighted by molar-refractivity contribution is 9.10. The summed E-state index contributed by atoms with van der Waals surface area (Å²) in [5.41, 5.74) is 0.905. The molecule has 98 valence electrons. The molecule has 18 heavy (non-hydrogen) atoms. The topological polar surface area (TPSA) is 45.2 Å². The Hall–Kier alpha value is -1.10. The molecular formula is C13H18BrN3O. The maximum Gasteiger partial charge on any atom is 0.244 e. The van der Waals surface area contributed by atoms with E-state index in [0.717, 1.165) is 36.1 Å². The molecule has 1 aliphatic rings. The van der Waals surface area contributed by atoms with Crippen LogP contribution in [0.25, 0.3) is 0 Å². The maximum absolute atomic E-state index is 12.2. The number of amides is 1. The van der Waals surface area contributed by atoms with E-state index in [1.165, 1.54) is 6.42 Å². The van der Waals surface area contributed by atoms with Crippen LogP contribution >= 0.6 is 15.9 Å². The van der Waals surface area contributed by atoms with Crippen LogP contribution in [0, 0.1) is 0 Å². The number of nitrogens with zero attached hydrogens (tertiary/aromatic N) is 2. The first kappa shape index (κ1) is 13.3. The van der Waals surface area contributed by atoms with Crippen LogP contribution in [-0.4, -0.2) is 34.9 Å². The van der Waals surface area contributed by atoms with Crippen molar-refractivity contribution < 1.29 is 4.79 Å².